The molecule has 3 nitrogen and oxygen atoms in total. The molecule has 4 heteroatoms. The zero-order valence-corrected chi connectivity index (χ0v) is 9.67. The van der Waals surface area contributed by atoms with Crippen LogP contribution in [0.25, 0.3) is 0 Å². The average molecular weight is 203 g/mol. The summed E-state index contributed by atoms with van der Waals surface area (Å²) in [5.41, 5.74) is -0.303. The van der Waals surface area contributed by atoms with Crippen LogP contribution in [-0.4, -0.2) is 23.6 Å². The first kappa shape index (κ1) is 12.6. The minimum atomic E-state index is -0.399. The molecule has 0 aromatic rings. The normalized spacial score (nSPS) is 11.2. The fourth-order valence-corrected chi connectivity index (χ4v) is 1.45. The Morgan fingerprint density at radius 2 is 1.54 bits per heavy atom. The van der Waals surface area contributed by atoms with Crippen LogP contribution in [0.1, 0.15) is 27.7 Å². The van der Waals surface area contributed by atoms with Crippen LogP contribution in [0, 0.1) is 11.8 Å². The van der Waals surface area contributed by atoms with Gasteiger partial charge >= 0.3 is 5.65 Å². The third-order valence-electron chi connectivity index (χ3n) is 1.52. The molecule has 0 aromatic carbocycles. The maximum Gasteiger partial charge on any atom is 0.314 e. The van der Waals surface area contributed by atoms with Crippen molar-refractivity contribution in [3.63, 3.8) is 0 Å². The number of rotatable bonds is 5. The lowest BCUT2D eigenvalue weighted by molar-refractivity contribution is 0.206. The van der Waals surface area contributed by atoms with E-state index < -0.39 is 8.46 Å². The third kappa shape index (κ3) is 5.75. The quantitative estimate of drug-likeness (QED) is 0.644. The zero-order chi connectivity index (χ0) is 10.4. The molecule has 0 aliphatic carbocycles. The highest BCUT2D eigenvalue weighted by molar-refractivity contribution is 7.45. The van der Waals surface area contributed by atoms with Crippen molar-refractivity contribution in [2.75, 3.05) is 13.1 Å². The molecule has 0 N–H and O–H groups in total. The van der Waals surface area contributed by atoms with Gasteiger partial charge in [-0.1, -0.05) is 27.7 Å². The topological polar surface area (TPSA) is 37.4 Å². The SMILES string of the molecule is CC(C)CN(CC(C)C)C(=O)P=O. The van der Waals surface area contributed by atoms with Gasteiger partial charge in [0.05, 0.1) is 0 Å². The van der Waals surface area contributed by atoms with E-state index in [1.54, 1.807) is 4.90 Å². The molecule has 0 fully saturated rings. The molecule has 0 spiro atoms. The van der Waals surface area contributed by atoms with Crippen LogP contribution in [0.3, 0.4) is 0 Å². The Labute approximate surface area is 81.7 Å². The summed E-state index contributed by atoms with van der Waals surface area (Å²) in [5.74, 6) is 0.842. The van der Waals surface area contributed by atoms with E-state index in [2.05, 4.69) is 0 Å². The Morgan fingerprint density at radius 1 is 1.15 bits per heavy atom. The third-order valence-corrected chi connectivity index (χ3v) is 1.96. The van der Waals surface area contributed by atoms with Gasteiger partial charge in [-0.15, -0.1) is 0 Å². The Kier molecular flexibility index (Phi) is 5.89. The summed E-state index contributed by atoms with van der Waals surface area (Å²) < 4.78 is 10.4. The van der Waals surface area contributed by atoms with E-state index in [0.29, 0.717) is 24.9 Å². The van der Waals surface area contributed by atoms with Crippen molar-refractivity contribution in [2.24, 2.45) is 11.8 Å². The number of nitrogens with zero attached hydrogens (tertiary/aromatic N) is 1. The minimum Gasteiger partial charge on any atom is -0.332 e. The number of carbonyl (C=O) groups is 1. The van der Waals surface area contributed by atoms with Crippen LogP contribution in [0.4, 0.5) is 4.79 Å². The Morgan fingerprint density at radius 3 is 1.77 bits per heavy atom. The lowest BCUT2D eigenvalue weighted by atomic mass is 10.1. The van der Waals surface area contributed by atoms with E-state index in [0.717, 1.165) is 0 Å². The van der Waals surface area contributed by atoms with E-state index in [-0.39, 0.29) is 5.65 Å². The number of carbonyl (C=O) groups excluding carboxylic acids is 1. The molecule has 1 amide bonds. The van der Waals surface area contributed by atoms with Gasteiger partial charge in [-0.25, -0.2) is 0 Å². The second-order valence-corrected chi connectivity index (χ2v) is 4.63. The van der Waals surface area contributed by atoms with Gasteiger partial charge in [0.2, 0.25) is 0 Å². The summed E-state index contributed by atoms with van der Waals surface area (Å²) in [7, 11) is -0.399. The molecule has 0 aliphatic heterocycles. The highest BCUT2D eigenvalue weighted by Gasteiger charge is 2.15. The number of amides is 1. The molecular weight excluding hydrogens is 185 g/mol. The van der Waals surface area contributed by atoms with Crippen LogP contribution >= 0.6 is 8.46 Å². The van der Waals surface area contributed by atoms with Crippen LogP contribution in [0.5, 0.6) is 0 Å². The van der Waals surface area contributed by atoms with Crippen molar-refractivity contribution in [3.05, 3.63) is 0 Å². The summed E-state index contributed by atoms with van der Waals surface area (Å²) in [5, 5.41) is 0. The summed E-state index contributed by atoms with van der Waals surface area (Å²) in [6.07, 6.45) is 0. The van der Waals surface area contributed by atoms with Crippen molar-refractivity contribution in [1.29, 1.82) is 0 Å². The summed E-state index contributed by atoms with van der Waals surface area (Å²) >= 11 is 0. The van der Waals surface area contributed by atoms with Gasteiger partial charge in [0.15, 0.2) is 0 Å². The molecule has 0 radical (unpaired) electrons. The van der Waals surface area contributed by atoms with E-state index in [4.69, 9.17) is 0 Å². The molecule has 0 unspecified atom stereocenters. The zero-order valence-electron chi connectivity index (χ0n) is 8.78. The number of hydrogen-bond donors (Lipinski definition) is 0. The molecule has 0 rings (SSSR count). The first-order chi connectivity index (χ1) is 5.97. The van der Waals surface area contributed by atoms with Gasteiger partial charge < -0.3 is 4.90 Å². The first-order valence-electron chi connectivity index (χ1n) is 4.59. The average Bonchev–Trinajstić information content (AvgIpc) is 2.00. The summed E-state index contributed by atoms with van der Waals surface area (Å²) in [6, 6.07) is 0. The highest BCUT2D eigenvalue weighted by Crippen LogP contribution is 2.10. The second-order valence-electron chi connectivity index (χ2n) is 4.07. The van der Waals surface area contributed by atoms with Gasteiger partial charge in [0.25, 0.3) is 8.46 Å². The van der Waals surface area contributed by atoms with Gasteiger partial charge in [0, 0.05) is 13.1 Å². The second kappa shape index (κ2) is 6.09. The molecule has 0 saturated heterocycles. The van der Waals surface area contributed by atoms with Crippen molar-refractivity contribution in [2.45, 2.75) is 27.7 Å². The lowest BCUT2D eigenvalue weighted by Crippen LogP contribution is -2.33. The van der Waals surface area contributed by atoms with Gasteiger partial charge in [0.1, 0.15) is 0 Å². The van der Waals surface area contributed by atoms with E-state index >= 15 is 0 Å². The van der Waals surface area contributed by atoms with Crippen molar-refractivity contribution in [1.82, 2.24) is 4.90 Å². The molecule has 76 valence electrons. The van der Waals surface area contributed by atoms with E-state index in [9.17, 15) is 9.36 Å². The monoisotopic (exact) mass is 203 g/mol. The Bertz CT molecular complexity index is 170. The Hall–Kier alpha value is -0.430. The smallest absolute Gasteiger partial charge is 0.314 e. The molecule has 0 saturated carbocycles. The van der Waals surface area contributed by atoms with E-state index in [1.807, 2.05) is 27.7 Å². The van der Waals surface area contributed by atoms with E-state index in [1.165, 1.54) is 0 Å². The Balaban J connectivity index is 4.18. The van der Waals surface area contributed by atoms with Gasteiger partial charge in [-0.3, -0.25) is 9.36 Å². The fourth-order valence-electron chi connectivity index (χ4n) is 1.17. The standard InChI is InChI=1S/C9H18NO2P/c1-7(2)5-10(6-8(3)4)9(11)13-12/h7-8H,5-6H2,1-4H3. The van der Waals surface area contributed by atoms with Crippen LogP contribution in [0.2, 0.25) is 0 Å². The minimum absolute atomic E-state index is 0.303. The molecular formula is C9H18NO2P. The van der Waals surface area contributed by atoms with Gasteiger partial charge in [-0.05, 0) is 11.8 Å². The number of hydrogen-bond acceptors (Lipinski definition) is 2. The predicted octanol–water partition coefficient (Wildman–Crippen LogP) is 3.01. The molecule has 0 atom stereocenters. The molecule has 0 bridgehead atoms. The fraction of sp³-hybridized carbons (Fsp3) is 0.889. The molecule has 13 heavy (non-hydrogen) atoms. The first-order valence-corrected chi connectivity index (χ1v) is 5.40. The van der Waals surface area contributed by atoms with Crippen molar-refractivity contribution in [3.8, 4) is 0 Å². The summed E-state index contributed by atoms with van der Waals surface area (Å²) in [4.78, 5) is 12.8. The van der Waals surface area contributed by atoms with Gasteiger partial charge in [-0.2, -0.15) is 0 Å². The van der Waals surface area contributed by atoms with Crippen LogP contribution < -0.4 is 0 Å². The highest BCUT2D eigenvalue weighted by atomic mass is 31.1. The van der Waals surface area contributed by atoms with Crippen LogP contribution in [0.15, 0.2) is 0 Å². The predicted molar refractivity (Wildman–Crippen MR) is 54.3 cm³/mol. The summed E-state index contributed by atoms with van der Waals surface area (Å²) in [6.45, 7) is 9.55. The molecule has 0 aromatic heterocycles. The largest absolute Gasteiger partial charge is 0.332 e. The van der Waals surface area contributed by atoms with Crippen molar-refractivity contribution < 1.29 is 9.36 Å². The maximum atomic E-state index is 11.2. The van der Waals surface area contributed by atoms with Crippen LogP contribution in [-0.2, 0) is 4.57 Å². The maximum absolute atomic E-state index is 11.2. The van der Waals surface area contributed by atoms with Crippen molar-refractivity contribution >= 4 is 14.1 Å². The molecule has 0 aliphatic rings. The lowest BCUT2D eigenvalue weighted by Gasteiger charge is -2.23. The molecule has 0 heterocycles.